The highest BCUT2D eigenvalue weighted by Gasteiger charge is 2.21. The zero-order valence-corrected chi connectivity index (χ0v) is 19.0. The summed E-state index contributed by atoms with van der Waals surface area (Å²) in [5.74, 6) is -2.39. The Morgan fingerprint density at radius 1 is 0.794 bits per heavy atom. The van der Waals surface area contributed by atoms with Crippen LogP contribution in [-0.2, 0) is 14.3 Å². The minimum Gasteiger partial charge on any atom is -0.454 e. The summed E-state index contributed by atoms with van der Waals surface area (Å²) in [6.45, 7) is 0.831. The summed E-state index contributed by atoms with van der Waals surface area (Å²) < 4.78 is 5.00. The molecule has 0 fully saturated rings. The molecular weight excluding hydrogens is 458 g/mol. The van der Waals surface area contributed by atoms with E-state index in [0.717, 1.165) is 0 Å². The Hall–Kier alpha value is -4.17. The maximum absolute atomic E-state index is 12.6. The third-order valence-electron chi connectivity index (χ3n) is 4.64. The highest BCUT2D eigenvalue weighted by atomic mass is 35.5. The third kappa shape index (κ3) is 6.66. The highest BCUT2D eigenvalue weighted by molar-refractivity contribution is 6.33. The van der Waals surface area contributed by atoms with E-state index in [1.165, 1.54) is 13.0 Å². The van der Waals surface area contributed by atoms with E-state index >= 15 is 0 Å². The molecule has 1 unspecified atom stereocenters. The zero-order valence-electron chi connectivity index (χ0n) is 18.2. The monoisotopic (exact) mass is 479 g/mol. The van der Waals surface area contributed by atoms with Crippen LogP contribution < -0.4 is 16.0 Å². The van der Waals surface area contributed by atoms with Gasteiger partial charge in [0.05, 0.1) is 21.8 Å². The number of carbonyl (C=O) groups excluding carboxylic acids is 4. The molecular formula is C25H22ClN3O5. The van der Waals surface area contributed by atoms with Crippen LogP contribution in [0.2, 0.25) is 5.02 Å². The minimum absolute atomic E-state index is 0.215. The van der Waals surface area contributed by atoms with Gasteiger partial charge in [0.2, 0.25) is 0 Å². The molecule has 0 aromatic heterocycles. The molecule has 0 aliphatic heterocycles. The molecule has 0 saturated heterocycles. The first-order valence-electron chi connectivity index (χ1n) is 10.3. The molecule has 0 radical (unpaired) electrons. The van der Waals surface area contributed by atoms with Gasteiger partial charge in [-0.05, 0) is 43.3 Å². The number of rotatable bonds is 8. The average molecular weight is 480 g/mol. The summed E-state index contributed by atoms with van der Waals surface area (Å²) >= 11 is 5.98. The average Bonchev–Trinajstić information content (AvgIpc) is 2.83. The van der Waals surface area contributed by atoms with Crippen LogP contribution in [0.1, 0.15) is 27.6 Å². The van der Waals surface area contributed by atoms with Crippen molar-refractivity contribution in [1.29, 1.82) is 0 Å². The predicted molar refractivity (Wildman–Crippen MR) is 129 cm³/mol. The largest absolute Gasteiger partial charge is 0.454 e. The summed E-state index contributed by atoms with van der Waals surface area (Å²) in [4.78, 5) is 49.4. The topological polar surface area (TPSA) is 114 Å². The molecule has 0 heterocycles. The number of nitrogens with one attached hydrogen (secondary N) is 3. The standard InChI is InChI=1S/C25H22ClN3O5/c1-16(27-23(31)18-11-5-7-13-20(18)26)25(33)34-15-22(30)29-21-14-8-6-12-19(21)24(32)28-17-9-3-2-4-10-17/h2-14,16H,15H2,1H3,(H,27,31)(H,28,32)(H,29,30). The quantitative estimate of drug-likeness (QED) is 0.424. The second-order valence-corrected chi connectivity index (χ2v) is 7.60. The lowest BCUT2D eigenvalue weighted by molar-refractivity contribution is -0.148. The number of esters is 1. The Bertz CT molecular complexity index is 1200. The minimum atomic E-state index is -1.01. The van der Waals surface area contributed by atoms with Gasteiger partial charge in [-0.2, -0.15) is 0 Å². The van der Waals surface area contributed by atoms with Gasteiger partial charge in [0, 0.05) is 5.69 Å². The Balaban J connectivity index is 1.54. The van der Waals surface area contributed by atoms with E-state index < -0.39 is 36.3 Å². The summed E-state index contributed by atoms with van der Waals surface area (Å²) in [7, 11) is 0. The van der Waals surface area contributed by atoms with Crippen LogP contribution >= 0.6 is 11.6 Å². The second kappa shape index (κ2) is 11.6. The van der Waals surface area contributed by atoms with E-state index in [2.05, 4.69) is 16.0 Å². The first kappa shape index (κ1) is 24.5. The number of hydrogen-bond donors (Lipinski definition) is 3. The summed E-state index contributed by atoms with van der Waals surface area (Å²) in [5.41, 5.74) is 1.32. The van der Waals surface area contributed by atoms with Gasteiger partial charge >= 0.3 is 5.97 Å². The van der Waals surface area contributed by atoms with E-state index in [4.69, 9.17) is 16.3 Å². The first-order chi connectivity index (χ1) is 16.3. The Kier molecular flexibility index (Phi) is 8.37. The van der Waals surface area contributed by atoms with E-state index in [-0.39, 0.29) is 21.8 Å². The van der Waals surface area contributed by atoms with Gasteiger partial charge in [-0.1, -0.05) is 54.1 Å². The molecule has 8 nitrogen and oxygen atoms in total. The fourth-order valence-electron chi connectivity index (χ4n) is 2.94. The highest BCUT2D eigenvalue weighted by Crippen LogP contribution is 2.18. The first-order valence-corrected chi connectivity index (χ1v) is 10.7. The molecule has 0 aliphatic rings. The normalized spacial score (nSPS) is 11.1. The Labute approximate surface area is 201 Å². The van der Waals surface area contributed by atoms with Crippen molar-refractivity contribution in [2.45, 2.75) is 13.0 Å². The molecule has 3 rings (SSSR count). The van der Waals surface area contributed by atoms with Gasteiger partial charge in [-0.3, -0.25) is 14.4 Å². The molecule has 3 aromatic rings. The van der Waals surface area contributed by atoms with Crippen LogP contribution in [0.15, 0.2) is 78.9 Å². The number of ether oxygens (including phenoxy) is 1. The SMILES string of the molecule is CC(NC(=O)c1ccccc1Cl)C(=O)OCC(=O)Nc1ccccc1C(=O)Nc1ccccc1. The molecule has 174 valence electrons. The van der Waals surface area contributed by atoms with E-state index in [9.17, 15) is 19.2 Å². The van der Waals surface area contributed by atoms with Crippen LogP contribution in [0.25, 0.3) is 0 Å². The fourth-order valence-corrected chi connectivity index (χ4v) is 3.16. The molecule has 3 amide bonds. The fraction of sp³-hybridized carbons (Fsp3) is 0.120. The van der Waals surface area contributed by atoms with E-state index in [0.29, 0.717) is 5.69 Å². The van der Waals surface area contributed by atoms with Crippen molar-refractivity contribution in [2.24, 2.45) is 0 Å². The van der Waals surface area contributed by atoms with Gasteiger partial charge in [-0.25, -0.2) is 4.79 Å². The molecule has 1 atom stereocenters. The van der Waals surface area contributed by atoms with Gasteiger partial charge in [0.25, 0.3) is 17.7 Å². The van der Waals surface area contributed by atoms with Crippen molar-refractivity contribution in [3.63, 3.8) is 0 Å². The molecule has 3 N–H and O–H groups in total. The number of hydrogen-bond acceptors (Lipinski definition) is 5. The maximum Gasteiger partial charge on any atom is 0.328 e. The van der Waals surface area contributed by atoms with E-state index in [1.807, 2.05) is 6.07 Å². The lowest BCUT2D eigenvalue weighted by Crippen LogP contribution is -2.40. The van der Waals surface area contributed by atoms with Crippen LogP contribution in [-0.4, -0.2) is 36.3 Å². The lowest BCUT2D eigenvalue weighted by Gasteiger charge is -2.15. The lowest BCUT2D eigenvalue weighted by atomic mass is 10.1. The molecule has 0 saturated carbocycles. The molecule has 0 aliphatic carbocycles. The summed E-state index contributed by atoms with van der Waals surface area (Å²) in [6, 6.07) is 20.7. The third-order valence-corrected chi connectivity index (χ3v) is 4.97. The van der Waals surface area contributed by atoms with Crippen molar-refractivity contribution in [3.05, 3.63) is 95.0 Å². The van der Waals surface area contributed by atoms with Crippen molar-refractivity contribution >= 4 is 46.7 Å². The number of para-hydroxylation sites is 2. The van der Waals surface area contributed by atoms with Crippen LogP contribution in [0.4, 0.5) is 11.4 Å². The number of benzene rings is 3. The van der Waals surface area contributed by atoms with Crippen molar-refractivity contribution in [2.75, 3.05) is 17.2 Å². The number of carbonyl (C=O) groups is 4. The molecule has 3 aromatic carbocycles. The van der Waals surface area contributed by atoms with Gasteiger partial charge in [-0.15, -0.1) is 0 Å². The van der Waals surface area contributed by atoms with Gasteiger partial charge < -0.3 is 20.7 Å². The maximum atomic E-state index is 12.6. The Morgan fingerprint density at radius 3 is 2.12 bits per heavy atom. The second-order valence-electron chi connectivity index (χ2n) is 7.20. The zero-order chi connectivity index (χ0) is 24.5. The molecule has 9 heteroatoms. The van der Waals surface area contributed by atoms with Crippen LogP contribution in [0, 0.1) is 0 Å². The van der Waals surface area contributed by atoms with Crippen molar-refractivity contribution in [1.82, 2.24) is 5.32 Å². The van der Waals surface area contributed by atoms with Crippen molar-refractivity contribution < 1.29 is 23.9 Å². The number of amides is 3. The van der Waals surface area contributed by atoms with Crippen LogP contribution in [0.3, 0.4) is 0 Å². The summed E-state index contributed by atoms with van der Waals surface area (Å²) in [5, 5.41) is 8.03. The molecule has 34 heavy (non-hydrogen) atoms. The van der Waals surface area contributed by atoms with E-state index in [1.54, 1.807) is 66.7 Å². The van der Waals surface area contributed by atoms with Crippen LogP contribution in [0.5, 0.6) is 0 Å². The van der Waals surface area contributed by atoms with Crippen molar-refractivity contribution in [3.8, 4) is 0 Å². The number of halogens is 1. The smallest absolute Gasteiger partial charge is 0.328 e. The van der Waals surface area contributed by atoms with Gasteiger partial charge in [0.1, 0.15) is 6.04 Å². The van der Waals surface area contributed by atoms with Gasteiger partial charge in [0.15, 0.2) is 6.61 Å². The molecule has 0 bridgehead atoms. The Morgan fingerprint density at radius 2 is 1.41 bits per heavy atom. The summed E-state index contributed by atoms with van der Waals surface area (Å²) in [6.07, 6.45) is 0. The molecule has 0 spiro atoms. The predicted octanol–water partition coefficient (Wildman–Crippen LogP) is 3.89. The number of anilines is 2.